The highest BCUT2D eigenvalue weighted by molar-refractivity contribution is 5.73. The van der Waals surface area contributed by atoms with Crippen LogP contribution in [0.4, 0.5) is 0 Å². The van der Waals surface area contributed by atoms with Crippen LogP contribution < -0.4 is 11.1 Å². The number of carbonyl (C=O) groups is 1. The summed E-state index contributed by atoms with van der Waals surface area (Å²) in [5.74, 6) is -0.351. The molecule has 0 bridgehead atoms. The van der Waals surface area contributed by atoms with Gasteiger partial charge in [0.05, 0.1) is 0 Å². The van der Waals surface area contributed by atoms with E-state index in [0.29, 0.717) is 13.0 Å². The van der Waals surface area contributed by atoms with Crippen molar-refractivity contribution >= 4 is 5.91 Å². The van der Waals surface area contributed by atoms with Crippen molar-refractivity contribution in [3.8, 4) is 0 Å². The number of aliphatic hydroxyl groups excluding tert-OH is 1. The molecular weight excluding hydrogens is 132 g/mol. The first-order chi connectivity index (χ1) is 4.66. The molecule has 0 radical (unpaired) electrons. The van der Waals surface area contributed by atoms with Gasteiger partial charge in [-0.25, -0.2) is 0 Å². The van der Waals surface area contributed by atoms with Gasteiger partial charge in [0.2, 0.25) is 5.91 Å². The van der Waals surface area contributed by atoms with E-state index >= 15 is 0 Å². The summed E-state index contributed by atoms with van der Waals surface area (Å²) < 4.78 is 0. The Morgan fingerprint density at radius 1 is 1.80 bits per heavy atom. The molecule has 4 nitrogen and oxygen atoms in total. The fourth-order valence-electron chi connectivity index (χ4n) is 0.506. The van der Waals surface area contributed by atoms with Crippen molar-refractivity contribution in [1.82, 2.24) is 5.32 Å². The first kappa shape index (κ1) is 9.39. The lowest BCUT2D eigenvalue weighted by atomic mass is 10.3. The lowest BCUT2D eigenvalue weighted by Gasteiger charge is -2.07. The molecule has 0 saturated carbocycles. The number of hydrogen-bond donors (Lipinski definition) is 3. The van der Waals surface area contributed by atoms with E-state index in [1.165, 1.54) is 0 Å². The van der Waals surface area contributed by atoms with Crippen molar-refractivity contribution < 1.29 is 9.90 Å². The summed E-state index contributed by atoms with van der Waals surface area (Å²) in [5.41, 5.74) is 4.86. The van der Waals surface area contributed by atoms with Crippen LogP contribution in [-0.4, -0.2) is 23.8 Å². The third kappa shape index (κ3) is 5.53. The number of carbonyl (C=O) groups excluding carboxylic acids is 1. The van der Waals surface area contributed by atoms with Crippen LogP contribution in [0.15, 0.2) is 0 Å². The van der Waals surface area contributed by atoms with Crippen LogP contribution in [0.25, 0.3) is 0 Å². The van der Waals surface area contributed by atoms with Crippen molar-refractivity contribution in [3.63, 3.8) is 0 Å². The summed E-state index contributed by atoms with van der Waals surface area (Å²) in [6, 6.07) is 0. The van der Waals surface area contributed by atoms with E-state index in [1.54, 1.807) is 0 Å². The van der Waals surface area contributed by atoms with E-state index in [9.17, 15) is 4.79 Å². The summed E-state index contributed by atoms with van der Waals surface area (Å²) in [7, 11) is 0. The van der Waals surface area contributed by atoms with Crippen LogP contribution in [-0.2, 0) is 4.79 Å². The molecule has 1 unspecified atom stereocenters. The standard InChI is InChI=1S/C6H14N2O2/c1-2-6(10)8-4-3-5(7)9/h6,8,10H,2-4H2,1H3,(H2,7,9). The molecule has 0 saturated heterocycles. The van der Waals surface area contributed by atoms with Gasteiger partial charge in [-0.1, -0.05) is 6.92 Å². The van der Waals surface area contributed by atoms with E-state index < -0.39 is 6.23 Å². The third-order valence-electron chi connectivity index (χ3n) is 1.14. The zero-order valence-corrected chi connectivity index (χ0v) is 6.13. The fraction of sp³-hybridized carbons (Fsp3) is 0.833. The number of primary amides is 1. The van der Waals surface area contributed by atoms with Gasteiger partial charge in [-0.3, -0.25) is 10.1 Å². The summed E-state index contributed by atoms with van der Waals surface area (Å²) in [6.07, 6.45) is 0.398. The Labute approximate surface area is 60.4 Å². The third-order valence-corrected chi connectivity index (χ3v) is 1.14. The predicted octanol–water partition coefficient (Wildman–Crippen LogP) is -0.820. The minimum Gasteiger partial charge on any atom is -0.379 e. The Kier molecular flexibility index (Phi) is 4.88. The average molecular weight is 146 g/mol. The number of aliphatic hydroxyl groups is 1. The number of rotatable bonds is 5. The first-order valence-electron chi connectivity index (χ1n) is 3.36. The van der Waals surface area contributed by atoms with Gasteiger partial charge in [-0.2, -0.15) is 0 Å². The Bertz CT molecular complexity index is 106. The van der Waals surface area contributed by atoms with Crippen LogP contribution >= 0.6 is 0 Å². The molecule has 4 N–H and O–H groups in total. The van der Waals surface area contributed by atoms with Crippen LogP contribution in [0, 0.1) is 0 Å². The molecular formula is C6H14N2O2. The van der Waals surface area contributed by atoms with Crippen molar-refractivity contribution in [2.24, 2.45) is 5.73 Å². The minimum absolute atomic E-state index is 0.275. The topological polar surface area (TPSA) is 75.3 Å². The van der Waals surface area contributed by atoms with E-state index in [2.05, 4.69) is 5.32 Å². The normalized spacial score (nSPS) is 13.0. The highest BCUT2D eigenvalue weighted by Gasteiger charge is 1.98. The van der Waals surface area contributed by atoms with Crippen LogP contribution in [0.3, 0.4) is 0 Å². The maximum absolute atomic E-state index is 10.2. The van der Waals surface area contributed by atoms with Gasteiger partial charge in [0.15, 0.2) is 0 Å². The van der Waals surface area contributed by atoms with Crippen molar-refractivity contribution in [3.05, 3.63) is 0 Å². The highest BCUT2D eigenvalue weighted by Crippen LogP contribution is 1.83. The van der Waals surface area contributed by atoms with Gasteiger partial charge in [-0.15, -0.1) is 0 Å². The van der Waals surface area contributed by atoms with E-state index in [0.717, 1.165) is 0 Å². The summed E-state index contributed by atoms with van der Waals surface area (Å²) >= 11 is 0. The second kappa shape index (κ2) is 5.20. The molecule has 60 valence electrons. The number of nitrogens with one attached hydrogen (secondary N) is 1. The molecule has 0 spiro atoms. The maximum atomic E-state index is 10.2. The van der Waals surface area contributed by atoms with Crippen molar-refractivity contribution in [1.29, 1.82) is 0 Å². The molecule has 0 aromatic carbocycles. The minimum atomic E-state index is -0.514. The molecule has 1 atom stereocenters. The fourth-order valence-corrected chi connectivity index (χ4v) is 0.506. The molecule has 1 amide bonds. The second-order valence-electron chi connectivity index (χ2n) is 2.09. The largest absolute Gasteiger partial charge is 0.379 e. The van der Waals surface area contributed by atoms with Crippen molar-refractivity contribution in [2.45, 2.75) is 26.0 Å². The zero-order chi connectivity index (χ0) is 7.98. The predicted molar refractivity (Wildman–Crippen MR) is 38.1 cm³/mol. The van der Waals surface area contributed by atoms with E-state index in [-0.39, 0.29) is 12.3 Å². The molecule has 0 aromatic rings. The molecule has 0 rings (SSSR count). The quantitative estimate of drug-likeness (QED) is 0.443. The Morgan fingerprint density at radius 2 is 2.40 bits per heavy atom. The summed E-state index contributed by atoms with van der Waals surface area (Å²) in [5, 5.41) is 11.6. The second-order valence-corrected chi connectivity index (χ2v) is 2.09. The summed E-state index contributed by atoms with van der Waals surface area (Å²) in [6.45, 7) is 2.30. The average Bonchev–Trinajstić information content (AvgIpc) is 1.87. The molecule has 0 heterocycles. The van der Waals surface area contributed by atoms with E-state index in [1.807, 2.05) is 6.92 Å². The number of amides is 1. The lowest BCUT2D eigenvalue weighted by molar-refractivity contribution is -0.118. The van der Waals surface area contributed by atoms with Gasteiger partial charge in [0.25, 0.3) is 0 Å². The first-order valence-corrected chi connectivity index (χ1v) is 3.36. The van der Waals surface area contributed by atoms with Crippen molar-refractivity contribution in [2.75, 3.05) is 6.54 Å². The van der Waals surface area contributed by atoms with Gasteiger partial charge in [-0.05, 0) is 6.42 Å². The number of nitrogens with two attached hydrogens (primary N) is 1. The van der Waals surface area contributed by atoms with Gasteiger partial charge in [0, 0.05) is 13.0 Å². The molecule has 0 aliphatic carbocycles. The summed E-state index contributed by atoms with van der Waals surface area (Å²) in [4.78, 5) is 10.2. The van der Waals surface area contributed by atoms with Crippen LogP contribution in [0.5, 0.6) is 0 Å². The zero-order valence-electron chi connectivity index (χ0n) is 6.13. The Hall–Kier alpha value is -0.610. The maximum Gasteiger partial charge on any atom is 0.218 e. The molecule has 0 aromatic heterocycles. The smallest absolute Gasteiger partial charge is 0.218 e. The Morgan fingerprint density at radius 3 is 2.80 bits per heavy atom. The SMILES string of the molecule is CCC(O)NCCC(N)=O. The van der Waals surface area contributed by atoms with Crippen LogP contribution in [0.1, 0.15) is 19.8 Å². The van der Waals surface area contributed by atoms with Gasteiger partial charge >= 0.3 is 0 Å². The molecule has 0 fully saturated rings. The van der Waals surface area contributed by atoms with Gasteiger partial charge in [0.1, 0.15) is 6.23 Å². The number of hydrogen-bond acceptors (Lipinski definition) is 3. The molecule has 10 heavy (non-hydrogen) atoms. The molecule has 0 aliphatic rings. The highest BCUT2D eigenvalue weighted by atomic mass is 16.3. The Balaban J connectivity index is 3.11. The van der Waals surface area contributed by atoms with Crippen LogP contribution in [0.2, 0.25) is 0 Å². The monoisotopic (exact) mass is 146 g/mol. The molecule has 0 aliphatic heterocycles. The molecule has 4 heteroatoms. The lowest BCUT2D eigenvalue weighted by Crippen LogP contribution is -2.31. The van der Waals surface area contributed by atoms with Gasteiger partial charge < -0.3 is 10.8 Å². The van der Waals surface area contributed by atoms with E-state index in [4.69, 9.17) is 10.8 Å².